The second kappa shape index (κ2) is 9.69. The summed E-state index contributed by atoms with van der Waals surface area (Å²) in [5.74, 6) is 1.68. The summed E-state index contributed by atoms with van der Waals surface area (Å²) in [6.45, 7) is 5.27. The molecule has 0 aliphatic carbocycles. The van der Waals surface area contributed by atoms with Crippen molar-refractivity contribution in [1.29, 1.82) is 0 Å². The average molecular weight is 343 g/mol. The molecule has 0 unspecified atom stereocenters. The number of anilines is 1. The molecule has 1 amide bonds. The summed E-state index contributed by atoms with van der Waals surface area (Å²) in [6, 6.07) is 15.0. The van der Waals surface area contributed by atoms with Crippen LogP contribution in [0.25, 0.3) is 0 Å². The lowest BCUT2D eigenvalue weighted by molar-refractivity contribution is -0.118. The molecule has 0 fully saturated rings. The second-order valence-corrected chi connectivity index (χ2v) is 5.93. The first-order chi connectivity index (χ1) is 12.1. The molecule has 2 aromatic carbocycles. The average Bonchev–Trinajstić information content (AvgIpc) is 2.62. The largest absolute Gasteiger partial charge is 0.491 e. The highest BCUT2D eigenvalue weighted by molar-refractivity contribution is 5.91. The Morgan fingerprint density at radius 2 is 1.52 bits per heavy atom. The topological polar surface area (TPSA) is 56.8 Å². The van der Waals surface area contributed by atoms with Gasteiger partial charge in [-0.2, -0.15) is 0 Å². The van der Waals surface area contributed by atoms with Crippen LogP contribution in [0.1, 0.15) is 25.3 Å². The van der Waals surface area contributed by atoms with E-state index >= 15 is 0 Å². The van der Waals surface area contributed by atoms with Crippen LogP contribution in [0.3, 0.4) is 0 Å². The Bertz CT molecular complexity index is 650. The number of carbonyl (C=O) groups is 1. The molecule has 134 valence electrons. The number of carbonyl (C=O) groups excluding carboxylic acids is 1. The molecule has 0 spiro atoms. The number of rotatable bonds is 9. The van der Waals surface area contributed by atoms with Gasteiger partial charge in [0, 0.05) is 12.8 Å². The van der Waals surface area contributed by atoms with Crippen LogP contribution in [0, 0.1) is 0 Å². The number of amides is 1. The molecule has 2 aromatic rings. The van der Waals surface area contributed by atoms with Crippen LogP contribution in [-0.2, 0) is 9.53 Å². The molecule has 0 bridgehead atoms. The number of nitrogens with one attached hydrogen (secondary N) is 1. The Labute approximate surface area is 148 Å². The van der Waals surface area contributed by atoms with Crippen molar-refractivity contribution in [2.24, 2.45) is 0 Å². The monoisotopic (exact) mass is 343 g/mol. The van der Waals surface area contributed by atoms with Gasteiger partial charge in [0.15, 0.2) is 6.61 Å². The van der Waals surface area contributed by atoms with E-state index in [9.17, 15) is 4.79 Å². The zero-order chi connectivity index (χ0) is 18.1. The Balaban J connectivity index is 1.77. The number of ether oxygens (including phenoxy) is 3. The number of benzene rings is 2. The highest BCUT2D eigenvalue weighted by atomic mass is 16.5. The van der Waals surface area contributed by atoms with E-state index in [1.54, 1.807) is 31.4 Å². The zero-order valence-electron chi connectivity index (χ0n) is 15.0. The van der Waals surface area contributed by atoms with Gasteiger partial charge >= 0.3 is 0 Å². The van der Waals surface area contributed by atoms with Crippen LogP contribution in [0.2, 0.25) is 0 Å². The van der Waals surface area contributed by atoms with Crippen LogP contribution in [-0.4, -0.2) is 32.8 Å². The summed E-state index contributed by atoms with van der Waals surface area (Å²) in [6.07, 6.45) is 0. The summed E-state index contributed by atoms with van der Waals surface area (Å²) >= 11 is 0. The van der Waals surface area contributed by atoms with Crippen molar-refractivity contribution in [2.75, 3.05) is 32.2 Å². The molecule has 0 heterocycles. The van der Waals surface area contributed by atoms with E-state index in [4.69, 9.17) is 14.2 Å². The van der Waals surface area contributed by atoms with Crippen molar-refractivity contribution >= 4 is 11.6 Å². The van der Waals surface area contributed by atoms with E-state index in [2.05, 4.69) is 19.2 Å². The molecule has 25 heavy (non-hydrogen) atoms. The van der Waals surface area contributed by atoms with Crippen molar-refractivity contribution in [3.8, 4) is 11.5 Å². The van der Waals surface area contributed by atoms with Gasteiger partial charge in [-0.15, -0.1) is 0 Å². The maximum Gasteiger partial charge on any atom is 0.262 e. The maximum absolute atomic E-state index is 12.0. The first-order valence-electron chi connectivity index (χ1n) is 8.33. The molecule has 0 saturated carbocycles. The Hall–Kier alpha value is -2.53. The minimum absolute atomic E-state index is 0.0346. The van der Waals surface area contributed by atoms with E-state index < -0.39 is 0 Å². The fourth-order valence-electron chi connectivity index (χ4n) is 2.17. The van der Waals surface area contributed by atoms with Crippen molar-refractivity contribution < 1.29 is 19.0 Å². The van der Waals surface area contributed by atoms with Crippen LogP contribution in [0.4, 0.5) is 5.69 Å². The Morgan fingerprint density at radius 1 is 0.920 bits per heavy atom. The third kappa shape index (κ3) is 6.47. The normalized spacial score (nSPS) is 10.6. The molecule has 0 aliphatic rings. The third-order valence-corrected chi connectivity index (χ3v) is 3.61. The lowest BCUT2D eigenvalue weighted by Gasteiger charge is -2.10. The minimum atomic E-state index is -0.207. The maximum atomic E-state index is 12.0. The molecule has 0 atom stereocenters. The highest BCUT2D eigenvalue weighted by Gasteiger charge is 2.05. The van der Waals surface area contributed by atoms with Crippen molar-refractivity contribution in [1.82, 2.24) is 0 Å². The predicted octanol–water partition coefficient (Wildman–Crippen LogP) is 3.85. The van der Waals surface area contributed by atoms with Gasteiger partial charge in [0.2, 0.25) is 0 Å². The van der Waals surface area contributed by atoms with Gasteiger partial charge in [-0.05, 0) is 47.9 Å². The summed E-state index contributed by atoms with van der Waals surface area (Å²) in [5, 5.41) is 2.79. The van der Waals surface area contributed by atoms with Gasteiger partial charge in [0.25, 0.3) is 5.91 Å². The minimum Gasteiger partial charge on any atom is -0.491 e. The summed E-state index contributed by atoms with van der Waals surface area (Å²) in [4.78, 5) is 12.0. The fourth-order valence-corrected chi connectivity index (χ4v) is 2.17. The van der Waals surface area contributed by atoms with E-state index in [0.29, 0.717) is 30.6 Å². The van der Waals surface area contributed by atoms with Crippen LogP contribution < -0.4 is 14.8 Å². The first-order valence-corrected chi connectivity index (χ1v) is 8.33. The molecular formula is C20H25NO4. The van der Waals surface area contributed by atoms with Gasteiger partial charge in [-0.1, -0.05) is 26.0 Å². The SMILES string of the molecule is COCCOc1ccc(NC(=O)COc2ccc(C(C)C)cc2)cc1. The van der Waals surface area contributed by atoms with Crippen molar-refractivity contribution in [2.45, 2.75) is 19.8 Å². The number of methoxy groups -OCH3 is 1. The molecule has 0 aromatic heterocycles. The number of hydrogen-bond donors (Lipinski definition) is 1. The van der Waals surface area contributed by atoms with Gasteiger partial charge < -0.3 is 19.5 Å². The smallest absolute Gasteiger partial charge is 0.262 e. The van der Waals surface area contributed by atoms with E-state index in [0.717, 1.165) is 5.75 Å². The predicted molar refractivity (Wildman–Crippen MR) is 98.5 cm³/mol. The van der Waals surface area contributed by atoms with Crippen LogP contribution in [0.15, 0.2) is 48.5 Å². The quantitative estimate of drug-likeness (QED) is 0.703. The standard InChI is InChI=1S/C20H25NO4/c1-15(2)16-4-8-19(9-5-16)25-14-20(22)21-17-6-10-18(11-7-17)24-13-12-23-3/h4-11,15H,12-14H2,1-3H3,(H,21,22). The molecule has 5 heteroatoms. The zero-order valence-corrected chi connectivity index (χ0v) is 15.0. The third-order valence-electron chi connectivity index (χ3n) is 3.61. The highest BCUT2D eigenvalue weighted by Crippen LogP contribution is 2.19. The van der Waals surface area contributed by atoms with Crippen molar-refractivity contribution in [3.63, 3.8) is 0 Å². The van der Waals surface area contributed by atoms with Crippen molar-refractivity contribution in [3.05, 3.63) is 54.1 Å². The molecular weight excluding hydrogens is 318 g/mol. The van der Waals surface area contributed by atoms with Gasteiger partial charge in [0.1, 0.15) is 18.1 Å². The Morgan fingerprint density at radius 3 is 2.12 bits per heavy atom. The summed E-state index contributed by atoms with van der Waals surface area (Å²) in [5.41, 5.74) is 1.94. The molecule has 2 rings (SSSR count). The van der Waals surface area contributed by atoms with Gasteiger partial charge in [-0.3, -0.25) is 4.79 Å². The van der Waals surface area contributed by atoms with Gasteiger partial charge in [0.05, 0.1) is 6.61 Å². The van der Waals surface area contributed by atoms with E-state index in [-0.39, 0.29) is 12.5 Å². The summed E-state index contributed by atoms with van der Waals surface area (Å²) < 4.78 is 15.9. The summed E-state index contributed by atoms with van der Waals surface area (Å²) in [7, 11) is 1.63. The Kier molecular flexibility index (Phi) is 7.29. The van der Waals surface area contributed by atoms with Crippen LogP contribution in [0.5, 0.6) is 11.5 Å². The molecule has 0 radical (unpaired) electrons. The molecule has 5 nitrogen and oxygen atoms in total. The molecule has 1 N–H and O–H groups in total. The van der Waals surface area contributed by atoms with E-state index in [1.807, 2.05) is 24.3 Å². The number of hydrogen-bond acceptors (Lipinski definition) is 4. The lowest BCUT2D eigenvalue weighted by Crippen LogP contribution is -2.20. The fraction of sp³-hybridized carbons (Fsp3) is 0.350. The molecule has 0 aliphatic heterocycles. The van der Waals surface area contributed by atoms with E-state index in [1.165, 1.54) is 5.56 Å². The molecule has 0 saturated heterocycles. The first kappa shape index (κ1) is 18.8. The van der Waals surface area contributed by atoms with Crippen LogP contribution >= 0.6 is 0 Å². The van der Waals surface area contributed by atoms with Gasteiger partial charge in [-0.25, -0.2) is 0 Å². The lowest BCUT2D eigenvalue weighted by atomic mass is 10.0. The second-order valence-electron chi connectivity index (χ2n) is 5.93.